The largest absolute Gasteiger partial charge is 0.480 e. The van der Waals surface area contributed by atoms with Gasteiger partial charge < -0.3 is 49.0 Å². The minimum atomic E-state index is -1.43. The number of nitrogens with one attached hydrogen (secondary N) is 4. The van der Waals surface area contributed by atoms with Crippen LogP contribution in [-0.2, 0) is 30.4 Å². The highest BCUT2D eigenvalue weighted by molar-refractivity contribution is 5.96. The molecule has 0 spiro atoms. The number of aromatic amines is 1. The van der Waals surface area contributed by atoms with Crippen molar-refractivity contribution in [3.8, 4) is 0 Å². The fraction of sp³-hybridized carbons (Fsp3) is 0.526. The first-order valence-electron chi connectivity index (χ1n) is 10.6. The minimum Gasteiger partial charge on any atom is -0.480 e. The molecular formula is C19H32N10O6. The van der Waals surface area contributed by atoms with E-state index in [0.29, 0.717) is 12.1 Å². The quantitative estimate of drug-likeness (QED) is 0.0640. The first-order valence-corrected chi connectivity index (χ1v) is 10.6. The maximum absolute atomic E-state index is 12.9. The number of aliphatic imine (C=N–C) groups is 1. The van der Waals surface area contributed by atoms with Crippen LogP contribution in [0.15, 0.2) is 17.5 Å². The summed E-state index contributed by atoms with van der Waals surface area (Å²) in [5.41, 5.74) is 22.0. The number of aliphatic carboxylic acids is 1. The number of carbonyl (C=O) groups is 5. The molecule has 13 N–H and O–H groups in total. The Bertz CT molecular complexity index is 915. The van der Waals surface area contributed by atoms with Gasteiger partial charge >= 0.3 is 5.97 Å². The van der Waals surface area contributed by atoms with E-state index in [1.807, 2.05) is 0 Å². The molecule has 0 bridgehead atoms. The molecule has 1 heterocycles. The number of hydrogen-bond acceptors (Lipinski definition) is 8. The molecule has 4 unspecified atom stereocenters. The van der Waals surface area contributed by atoms with Crippen molar-refractivity contribution in [1.29, 1.82) is 0 Å². The van der Waals surface area contributed by atoms with Gasteiger partial charge in [-0.05, 0) is 19.8 Å². The van der Waals surface area contributed by atoms with Crippen LogP contribution < -0.4 is 38.9 Å². The number of carboxylic acids is 1. The zero-order chi connectivity index (χ0) is 26.5. The van der Waals surface area contributed by atoms with Gasteiger partial charge in [0, 0.05) is 24.9 Å². The van der Waals surface area contributed by atoms with E-state index in [2.05, 4.69) is 30.9 Å². The van der Waals surface area contributed by atoms with Gasteiger partial charge in [-0.1, -0.05) is 0 Å². The van der Waals surface area contributed by atoms with Crippen LogP contribution in [0, 0.1) is 0 Å². The molecule has 4 amide bonds. The highest BCUT2D eigenvalue weighted by Crippen LogP contribution is 2.03. The lowest BCUT2D eigenvalue weighted by molar-refractivity contribution is -0.142. The second kappa shape index (κ2) is 14.1. The standard InChI is InChI=1S/C19H32N10O6/c1-9(18(34)35)27-16(32)12(5-10-7-24-8-26-10)29-17(33)13(6-14(21)30)28-15(31)11(20)3-2-4-25-19(22)23/h7-9,11-13H,2-6,20H2,1H3,(H2,21,30)(H,24,26)(H,27,32)(H,28,31)(H,29,33)(H,34,35)(H4,22,23,25). The van der Waals surface area contributed by atoms with Crippen molar-refractivity contribution >= 4 is 35.6 Å². The molecule has 0 aliphatic carbocycles. The molecule has 194 valence electrons. The van der Waals surface area contributed by atoms with Gasteiger partial charge in [-0.3, -0.25) is 29.0 Å². The Kier molecular flexibility index (Phi) is 11.6. The number of H-pyrrole nitrogens is 1. The van der Waals surface area contributed by atoms with Crippen LogP contribution in [0.4, 0.5) is 0 Å². The van der Waals surface area contributed by atoms with Crippen molar-refractivity contribution in [3.05, 3.63) is 18.2 Å². The molecular weight excluding hydrogens is 464 g/mol. The minimum absolute atomic E-state index is 0.0779. The number of amides is 4. The monoisotopic (exact) mass is 496 g/mol. The first-order chi connectivity index (χ1) is 16.4. The SMILES string of the molecule is CC(NC(=O)C(Cc1cnc[nH]1)NC(=O)C(CC(N)=O)NC(=O)C(N)CCCN=C(N)N)C(=O)O. The van der Waals surface area contributed by atoms with Crippen LogP contribution in [0.1, 0.15) is 31.9 Å². The van der Waals surface area contributed by atoms with Crippen molar-refractivity contribution in [2.45, 2.75) is 56.8 Å². The van der Waals surface area contributed by atoms with E-state index >= 15 is 0 Å². The molecule has 1 rings (SSSR count). The van der Waals surface area contributed by atoms with Gasteiger partial charge in [0.25, 0.3) is 0 Å². The Hall–Kier alpha value is -4.21. The normalized spacial score (nSPS) is 14.0. The van der Waals surface area contributed by atoms with E-state index in [4.69, 9.17) is 28.0 Å². The van der Waals surface area contributed by atoms with Gasteiger partial charge in [-0.2, -0.15) is 0 Å². The molecule has 0 aliphatic heterocycles. The van der Waals surface area contributed by atoms with Crippen LogP contribution in [0.5, 0.6) is 0 Å². The fourth-order valence-electron chi connectivity index (χ4n) is 2.81. The lowest BCUT2D eigenvalue weighted by Gasteiger charge is -2.24. The van der Waals surface area contributed by atoms with Gasteiger partial charge in [0.1, 0.15) is 18.1 Å². The second-order valence-electron chi connectivity index (χ2n) is 7.70. The lowest BCUT2D eigenvalue weighted by Crippen LogP contribution is -2.58. The highest BCUT2D eigenvalue weighted by Gasteiger charge is 2.30. The smallest absolute Gasteiger partial charge is 0.325 e. The third-order valence-corrected chi connectivity index (χ3v) is 4.68. The van der Waals surface area contributed by atoms with E-state index in [0.717, 1.165) is 0 Å². The van der Waals surface area contributed by atoms with Crippen LogP contribution in [0.2, 0.25) is 0 Å². The molecule has 0 saturated carbocycles. The molecule has 35 heavy (non-hydrogen) atoms. The Morgan fingerprint density at radius 2 is 1.69 bits per heavy atom. The Morgan fingerprint density at radius 3 is 2.23 bits per heavy atom. The van der Waals surface area contributed by atoms with Crippen molar-refractivity contribution in [3.63, 3.8) is 0 Å². The van der Waals surface area contributed by atoms with Gasteiger partial charge in [0.2, 0.25) is 23.6 Å². The summed E-state index contributed by atoms with van der Waals surface area (Å²) in [6, 6.07) is -4.96. The summed E-state index contributed by atoms with van der Waals surface area (Å²) in [6.45, 7) is 1.49. The number of guanidine groups is 1. The number of nitrogens with zero attached hydrogens (tertiary/aromatic N) is 2. The van der Waals surface area contributed by atoms with E-state index in [9.17, 15) is 24.0 Å². The Balaban J connectivity index is 2.91. The molecule has 0 saturated heterocycles. The fourth-order valence-corrected chi connectivity index (χ4v) is 2.81. The maximum atomic E-state index is 12.9. The summed E-state index contributed by atoms with van der Waals surface area (Å²) < 4.78 is 0. The van der Waals surface area contributed by atoms with Gasteiger partial charge in [0.15, 0.2) is 5.96 Å². The molecule has 1 aromatic heterocycles. The molecule has 4 atom stereocenters. The zero-order valence-electron chi connectivity index (χ0n) is 19.2. The average molecular weight is 497 g/mol. The van der Waals surface area contributed by atoms with E-state index in [-0.39, 0.29) is 25.3 Å². The second-order valence-corrected chi connectivity index (χ2v) is 7.70. The number of rotatable bonds is 15. The highest BCUT2D eigenvalue weighted by atomic mass is 16.4. The number of nitrogens with two attached hydrogens (primary N) is 4. The van der Waals surface area contributed by atoms with Crippen LogP contribution in [-0.4, -0.2) is 81.3 Å². The number of carboxylic acid groups (broad SMARTS) is 1. The van der Waals surface area contributed by atoms with Crippen LogP contribution >= 0.6 is 0 Å². The summed E-state index contributed by atoms with van der Waals surface area (Å²) in [5, 5.41) is 16.1. The predicted molar refractivity (Wildman–Crippen MR) is 123 cm³/mol. The van der Waals surface area contributed by atoms with Gasteiger partial charge in [-0.15, -0.1) is 0 Å². The average Bonchev–Trinajstić information content (AvgIpc) is 3.28. The number of aromatic nitrogens is 2. The topological polar surface area (TPSA) is 287 Å². The van der Waals surface area contributed by atoms with Crippen LogP contribution in [0.25, 0.3) is 0 Å². The Labute approximate surface area is 200 Å². The molecule has 16 heteroatoms. The molecule has 0 fully saturated rings. The summed E-state index contributed by atoms with van der Waals surface area (Å²) in [7, 11) is 0. The molecule has 1 aromatic rings. The number of carbonyl (C=O) groups excluding carboxylic acids is 4. The van der Waals surface area contributed by atoms with E-state index < -0.39 is 60.2 Å². The zero-order valence-corrected chi connectivity index (χ0v) is 19.2. The van der Waals surface area contributed by atoms with Gasteiger partial charge in [0.05, 0.1) is 18.8 Å². The van der Waals surface area contributed by atoms with Crippen LogP contribution in [0.3, 0.4) is 0 Å². The molecule has 16 nitrogen and oxygen atoms in total. The summed E-state index contributed by atoms with van der Waals surface area (Å²) >= 11 is 0. The summed E-state index contributed by atoms with van der Waals surface area (Å²) in [4.78, 5) is 70.9. The van der Waals surface area contributed by atoms with Crippen molar-refractivity contribution < 1.29 is 29.1 Å². The van der Waals surface area contributed by atoms with Crippen molar-refractivity contribution in [2.24, 2.45) is 27.9 Å². The number of hydrogen-bond donors (Lipinski definition) is 9. The number of imidazole rings is 1. The summed E-state index contributed by atoms with van der Waals surface area (Å²) in [6.07, 6.45) is 2.69. The number of primary amides is 1. The summed E-state index contributed by atoms with van der Waals surface area (Å²) in [5.74, 6) is -4.70. The van der Waals surface area contributed by atoms with E-state index in [1.165, 1.54) is 19.4 Å². The maximum Gasteiger partial charge on any atom is 0.325 e. The first kappa shape index (κ1) is 28.8. The lowest BCUT2D eigenvalue weighted by atomic mass is 10.1. The molecule has 0 aromatic carbocycles. The predicted octanol–water partition coefficient (Wildman–Crippen LogP) is -4.23. The van der Waals surface area contributed by atoms with Gasteiger partial charge in [-0.25, -0.2) is 4.98 Å². The third-order valence-electron chi connectivity index (χ3n) is 4.68. The van der Waals surface area contributed by atoms with Crippen molar-refractivity contribution in [1.82, 2.24) is 25.9 Å². The molecule has 0 radical (unpaired) electrons. The van der Waals surface area contributed by atoms with Crippen molar-refractivity contribution in [2.75, 3.05) is 6.54 Å². The molecule has 0 aliphatic rings. The Morgan fingerprint density at radius 1 is 1.06 bits per heavy atom. The van der Waals surface area contributed by atoms with E-state index in [1.54, 1.807) is 0 Å². The third kappa shape index (κ3) is 11.0.